The lowest BCUT2D eigenvalue weighted by Crippen LogP contribution is -2.09. The Morgan fingerprint density at radius 1 is 1.40 bits per heavy atom. The third-order valence-electron chi connectivity index (χ3n) is 0.952. The largest absolute Gasteiger partial charge is 0.338 e. The molecule has 0 aromatic heterocycles. The number of aliphatic imine (C=N–C) groups is 1. The molecule has 5 heteroatoms. The van der Waals surface area contributed by atoms with Gasteiger partial charge in [-0.05, 0) is 6.20 Å². The zero-order valence-electron chi connectivity index (χ0n) is 5.40. The fourth-order valence-corrected chi connectivity index (χ4v) is 0.532. The van der Waals surface area contributed by atoms with Crippen LogP contribution in [0.1, 0.15) is 0 Å². The van der Waals surface area contributed by atoms with Crippen molar-refractivity contribution in [3.8, 4) is 0 Å². The van der Waals surface area contributed by atoms with Gasteiger partial charge in [-0.3, -0.25) is 4.99 Å². The molecule has 1 aliphatic heterocycles. The van der Waals surface area contributed by atoms with Gasteiger partial charge in [0.1, 0.15) is 0 Å². The SMILES string of the molecule is C=CN1C=NCC1.Cl.Cl.Cl. The van der Waals surface area contributed by atoms with Crippen molar-refractivity contribution in [2.45, 2.75) is 0 Å². The van der Waals surface area contributed by atoms with E-state index in [1.165, 1.54) is 0 Å². The molecule has 0 spiro atoms. The molecule has 1 aliphatic rings. The molecule has 62 valence electrons. The van der Waals surface area contributed by atoms with E-state index in [4.69, 9.17) is 0 Å². The molecular formula is C5H11Cl3N2. The summed E-state index contributed by atoms with van der Waals surface area (Å²) in [5.74, 6) is 0. The lowest BCUT2D eigenvalue weighted by Gasteiger charge is -2.02. The maximum Gasteiger partial charge on any atom is 0.0890 e. The van der Waals surface area contributed by atoms with Crippen LogP contribution in [0.5, 0.6) is 0 Å². The zero-order valence-corrected chi connectivity index (χ0v) is 7.84. The first-order valence-corrected chi connectivity index (χ1v) is 2.32. The predicted octanol–water partition coefficient (Wildman–Crippen LogP) is 1.74. The number of halogens is 3. The standard InChI is InChI=1S/C5H8N2.3ClH/c1-2-7-4-3-6-5-7;;;/h2,5H,1,3-4H2;3*1H. The molecule has 0 aromatic rings. The number of hydrogen-bond donors (Lipinski definition) is 0. The quantitative estimate of drug-likeness (QED) is 0.637. The minimum Gasteiger partial charge on any atom is -0.338 e. The van der Waals surface area contributed by atoms with Gasteiger partial charge in [0.15, 0.2) is 0 Å². The summed E-state index contributed by atoms with van der Waals surface area (Å²) in [6.07, 6.45) is 3.57. The smallest absolute Gasteiger partial charge is 0.0890 e. The van der Waals surface area contributed by atoms with E-state index in [-0.39, 0.29) is 37.2 Å². The highest BCUT2D eigenvalue weighted by atomic mass is 35.5. The lowest BCUT2D eigenvalue weighted by atomic mass is 10.6. The van der Waals surface area contributed by atoms with E-state index < -0.39 is 0 Å². The molecule has 0 saturated heterocycles. The molecule has 1 heterocycles. The highest BCUT2D eigenvalue weighted by molar-refractivity contribution is 5.86. The number of rotatable bonds is 1. The molecular weight excluding hydrogens is 194 g/mol. The minimum absolute atomic E-state index is 0. The van der Waals surface area contributed by atoms with Gasteiger partial charge in [0, 0.05) is 6.54 Å². The van der Waals surface area contributed by atoms with Gasteiger partial charge in [-0.2, -0.15) is 0 Å². The van der Waals surface area contributed by atoms with Crippen LogP contribution in [0.25, 0.3) is 0 Å². The monoisotopic (exact) mass is 204 g/mol. The molecule has 0 N–H and O–H groups in total. The van der Waals surface area contributed by atoms with Crippen LogP contribution in [0.15, 0.2) is 17.8 Å². The first-order valence-electron chi connectivity index (χ1n) is 2.32. The van der Waals surface area contributed by atoms with Gasteiger partial charge in [0.25, 0.3) is 0 Å². The molecule has 0 aliphatic carbocycles. The van der Waals surface area contributed by atoms with Crippen LogP contribution < -0.4 is 0 Å². The van der Waals surface area contributed by atoms with Crippen molar-refractivity contribution in [2.75, 3.05) is 13.1 Å². The molecule has 1 rings (SSSR count). The third-order valence-corrected chi connectivity index (χ3v) is 0.952. The Bertz CT molecular complexity index is 105. The highest BCUT2D eigenvalue weighted by Gasteiger charge is 1.96. The van der Waals surface area contributed by atoms with Gasteiger partial charge in [0.2, 0.25) is 0 Å². The second-order valence-electron chi connectivity index (χ2n) is 1.44. The average molecular weight is 206 g/mol. The highest BCUT2D eigenvalue weighted by Crippen LogP contribution is 1.90. The Kier molecular flexibility index (Phi) is 15.1. The normalized spacial score (nSPS) is 12.6. The molecule has 0 radical (unpaired) electrons. The van der Waals surface area contributed by atoms with Gasteiger partial charge in [-0.25, -0.2) is 0 Å². The summed E-state index contributed by atoms with van der Waals surface area (Å²) in [6.45, 7) is 5.50. The Morgan fingerprint density at radius 2 is 2.00 bits per heavy atom. The average Bonchev–Trinajstić information content (AvgIpc) is 2.14. The minimum atomic E-state index is 0. The van der Waals surface area contributed by atoms with Crippen molar-refractivity contribution in [3.63, 3.8) is 0 Å². The molecule has 0 unspecified atom stereocenters. The summed E-state index contributed by atoms with van der Waals surface area (Å²) in [5.41, 5.74) is 0. The topological polar surface area (TPSA) is 15.6 Å². The van der Waals surface area contributed by atoms with Crippen molar-refractivity contribution >= 4 is 43.6 Å². The van der Waals surface area contributed by atoms with Crippen LogP contribution in [-0.4, -0.2) is 24.3 Å². The van der Waals surface area contributed by atoms with Gasteiger partial charge in [0.05, 0.1) is 12.9 Å². The summed E-state index contributed by atoms with van der Waals surface area (Å²) in [7, 11) is 0. The van der Waals surface area contributed by atoms with Crippen molar-refractivity contribution in [1.82, 2.24) is 4.90 Å². The van der Waals surface area contributed by atoms with Crippen molar-refractivity contribution in [1.29, 1.82) is 0 Å². The lowest BCUT2D eigenvalue weighted by molar-refractivity contribution is 0.626. The number of hydrogen-bond acceptors (Lipinski definition) is 2. The Balaban J connectivity index is -0.000000163. The van der Waals surface area contributed by atoms with E-state index in [9.17, 15) is 0 Å². The number of nitrogens with zero attached hydrogens (tertiary/aromatic N) is 2. The van der Waals surface area contributed by atoms with Gasteiger partial charge in [-0.1, -0.05) is 6.58 Å². The first kappa shape index (κ1) is 16.6. The Hall–Kier alpha value is 0.0800. The molecule has 10 heavy (non-hydrogen) atoms. The maximum atomic E-state index is 3.97. The second-order valence-corrected chi connectivity index (χ2v) is 1.44. The van der Waals surface area contributed by atoms with Crippen LogP contribution in [0.4, 0.5) is 0 Å². The molecule has 0 amide bonds. The Labute approximate surface area is 79.6 Å². The summed E-state index contributed by atoms with van der Waals surface area (Å²) in [4.78, 5) is 5.92. The summed E-state index contributed by atoms with van der Waals surface area (Å²) in [6, 6.07) is 0. The van der Waals surface area contributed by atoms with E-state index in [0.29, 0.717) is 0 Å². The van der Waals surface area contributed by atoms with E-state index in [0.717, 1.165) is 13.1 Å². The molecule has 0 atom stereocenters. The molecule has 0 bridgehead atoms. The first-order chi connectivity index (χ1) is 3.43. The van der Waals surface area contributed by atoms with Crippen LogP contribution in [0.3, 0.4) is 0 Å². The maximum absolute atomic E-state index is 3.97. The predicted molar refractivity (Wildman–Crippen MR) is 52.0 cm³/mol. The van der Waals surface area contributed by atoms with Gasteiger partial charge >= 0.3 is 0 Å². The van der Waals surface area contributed by atoms with E-state index in [1.807, 2.05) is 4.90 Å². The van der Waals surface area contributed by atoms with Gasteiger partial charge < -0.3 is 4.90 Å². The van der Waals surface area contributed by atoms with Crippen LogP contribution in [0, 0.1) is 0 Å². The van der Waals surface area contributed by atoms with Crippen LogP contribution in [0.2, 0.25) is 0 Å². The molecule has 0 fully saturated rings. The summed E-state index contributed by atoms with van der Waals surface area (Å²) in [5, 5.41) is 0. The Morgan fingerprint density at radius 3 is 2.20 bits per heavy atom. The fraction of sp³-hybridized carbons (Fsp3) is 0.400. The van der Waals surface area contributed by atoms with Crippen molar-refractivity contribution in [3.05, 3.63) is 12.8 Å². The molecule has 0 aromatic carbocycles. The molecule has 2 nitrogen and oxygen atoms in total. The summed E-state index contributed by atoms with van der Waals surface area (Å²) < 4.78 is 0. The molecule has 0 saturated carbocycles. The van der Waals surface area contributed by atoms with E-state index in [2.05, 4.69) is 11.6 Å². The zero-order chi connectivity index (χ0) is 5.11. The van der Waals surface area contributed by atoms with Crippen LogP contribution >= 0.6 is 37.2 Å². The van der Waals surface area contributed by atoms with Crippen LogP contribution in [-0.2, 0) is 0 Å². The van der Waals surface area contributed by atoms with E-state index >= 15 is 0 Å². The fourth-order valence-electron chi connectivity index (χ4n) is 0.532. The third kappa shape index (κ3) is 4.91. The van der Waals surface area contributed by atoms with Crippen molar-refractivity contribution in [2.24, 2.45) is 4.99 Å². The van der Waals surface area contributed by atoms with Gasteiger partial charge in [-0.15, -0.1) is 37.2 Å². The van der Waals surface area contributed by atoms with Crippen molar-refractivity contribution < 1.29 is 0 Å². The van der Waals surface area contributed by atoms with E-state index in [1.54, 1.807) is 12.5 Å². The second kappa shape index (κ2) is 9.08. The summed E-state index contributed by atoms with van der Waals surface area (Å²) >= 11 is 0.